The SMILES string of the molecule is COC[C@@H](O)CNC(=O)c1cc(Cl)ccc1OC1CCN(C2CCCC2)CC1. The van der Waals surface area contributed by atoms with E-state index in [-0.39, 0.29) is 25.2 Å². The van der Waals surface area contributed by atoms with Crippen molar-refractivity contribution in [1.29, 1.82) is 0 Å². The lowest BCUT2D eigenvalue weighted by atomic mass is 10.0. The maximum absolute atomic E-state index is 12.6. The van der Waals surface area contributed by atoms with Crippen LogP contribution in [0.25, 0.3) is 0 Å². The maximum atomic E-state index is 12.6. The number of methoxy groups -OCH3 is 1. The van der Waals surface area contributed by atoms with Crippen LogP contribution in [0.2, 0.25) is 5.02 Å². The van der Waals surface area contributed by atoms with Crippen LogP contribution >= 0.6 is 11.6 Å². The van der Waals surface area contributed by atoms with Gasteiger partial charge in [0.2, 0.25) is 0 Å². The highest BCUT2D eigenvalue weighted by Gasteiger charge is 2.28. The second kappa shape index (κ2) is 10.4. The topological polar surface area (TPSA) is 71.0 Å². The minimum absolute atomic E-state index is 0.101. The molecular weight excluding hydrogens is 380 g/mol. The normalized spacial score (nSPS) is 20.2. The molecule has 156 valence electrons. The van der Waals surface area contributed by atoms with E-state index in [4.69, 9.17) is 21.1 Å². The molecule has 1 saturated carbocycles. The molecule has 1 aliphatic heterocycles. The van der Waals surface area contributed by atoms with Gasteiger partial charge in [0.15, 0.2) is 0 Å². The lowest BCUT2D eigenvalue weighted by Gasteiger charge is -2.36. The summed E-state index contributed by atoms with van der Waals surface area (Å²) in [7, 11) is 1.51. The molecule has 2 fully saturated rings. The van der Waals surface area contributed by atoms with Gasteiger partial charge in [-0.1, -0.05) is 24.4 Å². The average molecular weight is 411 g/mol. The maximum Gasteiger partial charge on any atom is 0.255 e. The van der Waals surface area contributed by atoms with E-state index in [0.717, 1.165) is 32.0 Å². The lowest BCUT2D eigenvalue weighted by molar-refractivity contribution is 0.0603. The largest absolute Gasteiger partial charge is 0.489 e. The molecule has 7 heteroatoms. The number of aliphatic hydroxyl groups is 1. The molecule has 1 heterocycles. The second-order valence-electron chi connectivity index (χ2n) is 7.75. The number of hydrogen-bond acceptors (Lipinski definition) is 5. The van der Waals surface area contributed by atoms with Gasteiger partial charge in [-0.3, -0.25) is 4.79 Å². The zero-order chi connectivity index (χ0) is 19.9. The minimum atomic E-state index is -0.752. The molecule has 0 aromatic heterocycles. The Balaban J connectivity index is 1.57. The molecule has 0 unspecified atom stereocenters. The number of halogens is 1. The van der Waals surface area contributed by atoms with Gasteiger partial charge < -0.3 is 24.8 Å². The first-order valence-corrected chi connectivity index (χ1v) is 10.6. The van der Waals surface area contributed by atoms with E-state index < -0.39 is 6.10 Å². The van der Waals surface area contributed by atoms with Gasteiger partial charge in [0.25, 0.3) is 5.91 Å². The van der Waals surface area contributed by atoms with Crippen LogP contribution in [0.1, 0.15) is 48.9 Å². The van der Waals surface area contributed by atoms with Crippen LogP contribution in [0.5, 0.6) is 5.75 Å². The predicted molar refractivity (Wildman–Crippen MR) is 109 cm³/mol. The van der Waals surface area contributed by atoms with Gasteiger partial charge in [-0.05, 0) is 43.9 Å². The van der Waals surface area contributed by atoms with Crippen molar-refractivity contribution in [3.05, 3.63) is 28.8 Å². The summed E-state index contributed by atoms with van der Waals surface area (Å²) in [6, 6.07) is 5.85. The average Bonchev–Trinajstić information content (AvgIpc) is 3.23. The first-order valence-electron chi connectivity index (χ1n) is 10.2. The van der Waals surface area contributed by atoms with Gasteiger partial charge in [0.1, 0.15) is 11.9 Å². The van der Waals surface area contributed by atoms with Crippen molar-refractivity contribution in [1.82, 2.24) is 10.2 Å². The number of carbonyl (C=O) groups excluding carboxylic acids is 1. The molecule has 28 heavy (non-hydrogen) atoms. The van der Waals surface area contributed by atoms with Gasteiger partial charge >= 0.3 is 0 Å². The number of piperidine rings is 1. The van der Waals surface area contributed by atoms with Crippen LogP contribution in [0.15, 0.2) is 18.2 Å². The zero-order valence-electron chi connectivity index (χ0n) is 16.5. The lowest BCUT2D eigenvalue weighted by Crippen LogP contribution is -2.43. The molecule has 6 nitrogen and oxygen atoms in total. The molecular formula is C21H31ClN2O4. The van der Waals surface area contributed by atoms with Gasteiger partial charge in [-0.15, -0.1) is 0 Å². The third-order valence-corrected chi connectivity index (χ3v) is 5.89. The fourth-order valence-corrected chi connectivity index (χ4v) is 4.32. The Hall–Kier alpha value is -1.34. The smallest absolute Gasteiger partial charge is 0.255 e. The number of hydrogen-bond donors (Lipinski definition) is 2. The first-order chi connectivity index (χ1) is 13.6. The van der Waals surface area contributed by atoms with Crippen molar-refractivity contribution in [2.45, 2.75) is 56.8 Å². The van der Waals surface area contributed by atoms with E-state index in [1.165, 1.54) is 32.8 Å². The molecule has 3 rings (SSSR count). The molecule has 1 atom stereocenters. The van der Waals surface area contributed by atoms with Crippen LogP contribution in [0.3, 0.4) is 0 Å². The van der Waals surface area contributed by atoms with E-state index in [2.05, 4.69) is 10.2 Å². The van der Waals surface area contributed by atoms with Crippen molar-refractivity contribution in [2.24, 2.45) is 0 Å². The predicted octanol–water partition coefficient (Wildman–Crippen LogP) is 2.86. The summed E-state index contributed by atoms with van der Waals surface area (Å²) in [5.41, 5.74) is 0.398. The van der Waals surface area contributed by atoms with Gasteiger partial charge in [-0.2, -0.15) is 0 Å². The molecule has 1 aromatic carbocycles. The van der Waals surface area contributed by atoms with Crippen LogP contribution in [0.4, 0.5) is 0 Å². The molecule has 0 bridgehead atoms. The fourth-order valence-electron chi connectivity index (χ4n) is 4.15. The standard InChI is InChI=1S/C21H31ClN2O4/c1-27-14-17(25)13-23-21(26)19-12-15(22)6-7-20(19)28-18-8-10-24(11-9-18)16-4-2-3-5-16/h6-7,12,16-18,25H,2-5,8-11,13-14H2,1H3,(H,23,26)/t17-/m0/s1. The number of nitrogens with one attached hydrogen (secondary N) is 1. The fraction of sp³-hybridized carbons (Fsp3) is 0.667. The van der Waals surface area contributed by atoms with E-state index in [0.29, 0.717) is 16.3 Å². The number of ether oxygens (including phenoxy) is 2. The highest BCUT2D eigenvalue weighted by molar-refractivity contribution is 6.31. The Morgan fingerprint density at radius 2 is 2.00 bits per heavy atom. The van der Waals surface area contributed by atoms with Gasteiger partial charge in [0.05, 0.1) is 18.3 Å². The Labute approximate surface area is 172 Å². The molecule has 0 spiro atoms. The Morgan fingerprint density at radius 1 is 1.29 bits per heavy atom. The highest BCUT2D eigenvalue weighted by Crippen LogP contribution is 2.29. The monoisotopic (exact) mass is 410 g/mol. The second-order valence-corrected chi connectivity index (χ2v) is 8.19. The Bertz CT molecular complexity index is 643. The molecule has 0 radical (unpaired) electrons. The van der Waals surface area contributed by atoms with Crippen molar-refractivity contribution in [3.63, 3.8) is 0 Å². The van der Waals surface area contributed by atoms with E-state index in [9.17, 15) is 9.90 Å². The summed E-state index contributed by atoms with van der Waals surface area (Å²) in [5.74, 6) is 0.235. The van der Waals surface area contributed by atoms with E-state index >= 15 is 0 Å². The molecule has 1 amide bonds. The number of nitrogens with zero attached hydrogens (tertiary/aromatic N) is 1. The summed E-state index contributed by atoms with van der Waals surface area (Å²) in [4.78, 5) is 15.2. The Morgan fingerprint density at radius 3 is 2.68 bits per heavy atom. The zero-order valence-corrected chi connectivity index (χ0v) is 17.3. The third-order valence-electron chi connectivity index (χ3n) is 5.65. The summed E-state index contributed by atoms with van der Waals surface area (Å²) in [6.45, 7) is 2.37. The van der Waals surface area contributed by atoms with Crippen molar-refractivity contribution >= 4 is 17.5 Å². The molecule has 2 N–H and O–H groups in total. The Kier molecular flexibility index (Phi) is 7.97. The highest BCUT2D eigenvalue weighted by atomic mass is 35.5. The summed E-state index contributed by atoms with van der Waals surface area (Å²) >= 11 is 6.10. The molecule has 2 aliphatic rings. The van der Waals surface area contributed by atoms with Gasteiger partial charge in [0, 0.05) is 37.8 Å². The van der Waals surface area contributed by atoms with Crippen LogP contribution in [-0.4, -0.2) is 67.5 Å². The minimum Gasteiger partial charge on any atom is -0.489 e. The number of amides is 1. The number of benzene rings is 1. The third kappa shape index (κ3) is 5.83. The number of likely N-dealkylation sites (tertiary alicyclic amines) is 1. The van der Waals surface area contributed by atoms with Crippen molar-refractivity contribution in [3.8, 4) is 5.75 Å². The number of aliphatic hydroxyl groups excluding tert-OH is 1. The quantitative estimate of drug-likeness (QED) is 0.689. The van der Waals surface area contributed by atoms with Gasteiger partial charge in [-0.25, -0.2) is 0 Å². The van der Waals surface area contributed by atoms with E-state index in [1.54, 1.807) is 18.2 Å². The summed E-state index contributed by atoms with van der Waals surface area (Å²) in [5, 5.41) is 12.9. The van der Waals surface area contributed by atoms with Crippen molar-refractivity contribution < 1.29 is 19.4 Å². The van der Waals surface area contributed by atoms with Crippen molar-refractivity contribution in [2.75, 3.05) is 33.4 Å². The van der Waals surface area contributed by atoms with Crippen LogP contribution < -0.4 is 10.1 Å². The molecule has 1 aliphatic carbocycles. The summed E-state index contributed by atoms with van der Waals surface area (Å²) in [6.07, 6.45) is 6.62. The number of rotatable bonds is 8. The van der Waals surface area contributed by atoms with Crippen LogP contribution in [-0.2, 0) is 4.74 Å². The molecule has 1 aromatic rings. The summed E-state index contributed by atoms with van der Waals surface area (Å²) < 4.78 is 11.1. The first kappa shape index (κ1) is 21.4. The molecule has 1 saturated heterocycles. The van der Waals surface area contributed by atoms with E-state index in [1.807, 2.05) is 0 Å². The number of carbonyl (C=O) groups is 1. The van der Waals surface area contributed by atoms with Crippen LogP contribution in [0, 0.1) is 0 Å².